The van der Waals surface area contributed by atoms with Crippen molar-refractivity contribution >= 4 is 10.0 Å². The second kappa shape index (κ2) is 10.0. The molecule has 1 aromatic heterocycles. The molecular weight excluding hydrogens is 438 g/mol. The van der Waals surface area contributed by atoms with Crippen LogP contribution in [0, 0.1) is 12.8 Å². The Labute approximate surface area is 195 Å². The fourth-order valence-electron chi connectivity index (χ4n) is 4.43. The van der Waals surface area contributed by atoms with Crippen molar-refractivity contribution in [3.63, 3.8) is 0 Å². The van der Waals surface area contributed by atoms with Gasteiger partial charge < -0.3 is 4.74 Å². The second-order valence-electron chi connectivity index (χ2n) is 8.74. The van der Waals surface area contributed by atoms with Crippen LogP contribution < -0.4 is 4.74 Å². The smallest absolute Gasteiger partial charge is 0.243 e. The summed E-state index contributed by atoms with van der Waals surface area (Å²) in [7, 11) is -3.70. The van der Waals surface area contributed by atoms with E-state index in [2.05, 4.69) is 22.4 Å². The fraction of sp³-hybridized carbons (Fsp3) is 0.458. The first-order valence-electron chi connectivity index (χ1n) is 11.5. The fourth-order valence-corrected chi connectivity index (χ4v) is 6.19. The molecule has 8 nitrogen and oxygen atoms in total. The number of sulfonamides is 1. The number of benzene rings is 2. The van der Waals surface area contributed by atoms with Gasteiger partial charge in [-0.15, -0.1) is 5.10 Å². The summed E-state index contributed by atoms with van der Waals surface area (Å²) in [6, 6.07) is 12.8. The molecule has 1 heterocycles. The molecule has 1 saturated carbocycles. The normalized spacial score (nSPS) is 19.0. The first-order chi connectivity index (χ1) is 15.9. The highest BCUT2D eigenvalue weighted by molar-refractivity contribution is 7.89. The molecule has 0 unspecified atom stereocenters. The Balaban J connectivity index is 1.65. The van der Waals surface area contributed by atoms with Crippen LogP contribution in [0.1, 0.15) is 50.7 Å². The van der Waals surface area contributed by atoms with E-state index in [1.54, 1.807) is 22.5 Å². The molecule has 176 valence electrons. The first-order valence-corrected chi connectivity index (χ1v) is 12.9. The monoisotopic (exact) mass is 469 g/mol. The zero-order valence-electron chi connectivity index (χ0n) is 19.4. The molecule has 2 aromatic carbocycles. The van der Waals surface area contributed by atoms with Gasteiger partial charge in [-0.3, -0.25) is 0 Å². The molecule has 0 bridgehead atoms. The van der Waals surface area contributed by atoms with Crippen LogP contribution in [0.2, 0.25) is 0 Å². The van der Waals surface area contributed by atoms with Crippen molar-refractivity contribution in [2.24, 2.45) is 5.92 Å². The largest absolute Gasteiger partial charge is 0.494 e. The highest BCUT2D eigenvalue weighted by Gasteiger charge is 2.34. The SMILES string of the molecule is CCOc1ccc(CN(C2CCC(C)CC2)S(=O)(=O)c2ccc(-n3cnnn3)c(C)c2)cc1. The van der Waals surface area contributed by atoms with Crippen molar-refractivity contribution in [2.45, 2.75) is 63.9 Å². The summed E-state index contributed by atoms with van der Waals surface area (Å²) < 4.78 is 36.5. The predicted molar refractivity (Wildman–Crippen MR) is 126 cm³/mol. The topological polar surface area (TPSA) is 90.2 Å². The van der Waals surface area contributed by atoms with Crippen LogP contribution in [0.15, 0.2) is 53.7 Å². The van der Waals surface area contributed by atoms with E-state index in [0.29, 0.717) is 24.0 Å². The molecule has 1 aliphatic rings. The zero-order chi connectivity index (χ0) is 23.4. The molecular formula is C24H31N5O3S. The van der Waals surface area contributed by atoms with Gasteiger partial charge in [-0.05, 0) is 97.3 Å². The number of aryl methyl sites for hydroxylation is 1. The molecule has 0 radical (unpaired) electrons. The van der Waals surface area contributed by atoms with Gasteiger partial charge in [0.2, 0.25) is 10.0 Å². The molecule has 0 amide bonds. The molecule has 0 atom stereocenters. The van der Waals surface area contributed by atoms with E-state index in [-0.39, 0.29) is 6.04 Å². The molecule has 0 saturated heterocycles. The number of aromatic nitrogens is 4. The first kappa shape index (κ1) is 23.4. The number of tetrazole rings is 1. The van der Waals surface area contributed by atoms with Crippen LogP contribution >= 0.6 is 0 Å². The van der Waals surface area contributed by atoms with Gasteiger partial charge in [-0.2, -0.15) is 4.31 Å². The standard InChI is InChI=1S/C24H31N5O3S/c1-4-32-22-11-7-20(8-12-22)16-29(21-9-5-18(2)6-10-21)33(30,31)23-13-14-24(19(3)15-23)28-17-25-26-27-28/h7-8,11-15,17-18,21H,4-6,9-10,16H2,1-3H3. The Bertz CT molecular complexity index is 1160. The van der Waals surface area contributed by atoms with Crippen LogP contribution in [0.3, 0.4) is 0 Å². The summed E-state index contributed by atoms with van der Waals surface area (Å²) in [5.41, 5.74) is 2.49. The molecule has 9 heteroatoms. The van der Waals surface area contributed by atoms with E-state index >= 15 is 0 Å². The number of rotatable bonds is 8. The van der Waals surface area contributed by atoms with Gasteiger partial charge in [0, 0.05) is 12.6 Å². The number of nitrogens with zero attached hydrogens (tertiary/aromatic N) is 5. The molecule has 33 heavy (non-hydrogen) atoms. The van der Waals surface area contributed by atoms with Gasteiger partial charge in [0.1, 0.15) is 12.1 Å². The molecule has 1 aliphatic carbocycles. The minimum Gasteiger partial charge on any atom is -0.494 e. The van der Waals surface area contributed by atoms with Crippen LogP contribution in [-0.2, 0) is 16.6 Å². The van der Waals surface area contributed by atoms with Crippen molar-refractivity contribution in [3.05, 3.63) is 59.9 Å². The van der Waals surface area contributed by atoms with Crippen LogP contribution in [0.4, 0.5) is 0 Å². The number of hydrogen-bond acceptors (Lipinski definition) is 6. The van der Waals surface area contributed by atoms with Gasteiger partial charge >= 0.3 is 0 Å². The molecule has 1 fully saturated rings. The average Bonchev–Trinajstić information content (AvgIpc) is 3.34. The van der Waals surface area contributed by atoms with E-state index in [1.807, 2.05) is 38.1 Å². The molecule has 3 aromatic rings. The molecule has 0 spiro atoms. The summed E-state index contributed by atoms with van der Waals surface area (Å²) >= 11 is 0. The Morgan fingerprint density at radius 2 is 1.82 bits per heavy atom. The Hall–Kier alpha value is -2.78. The van der Waals surface area contributed by atoms with Gasteiger partial charge in [-0.1, -0.05) is 19.1 Å². The van der Waals surface area contributed by atoms with Crippen LogP contribution in [0.5, 0.6) is 5.75 Å². The molecule has 0 aliphatic heterocycles. The minimum atomic E-state index is -3.70. The van der Waals surface area contributed by atoms with E-state index in [4.69, 9.17) is 4.74 Å². The second-order valence-corrected chi connectivity index (χ2v) is 10.6. The van der Waals surface area contributed by atoms with Crippen molar-refractivity contribution in [2.75, 3.05) is 6.61 Å². The van der Waals surface area contributed by atoms with Crippen LogP contribution in [0.25, 0.3) is 5.69 Å². The lowest BCUT2D eigenvalue weighted by molar-refractivity contribution is 0.217. The van der Waals surface area contributed by atoms with Crippen molar-refractivity contribution < 1.29 is 13.2 Å². The Kier molecular flexibility index (Phi) is 7.09. The summed E-state index contributed by atoms with van der Waals surface area (Å²) in [5.74, 6) is 1.42. The predicted octanol–water partition coefficient (Wildman–Crippen LogP) is 4.14. The van der Waals surface area contributed by atoms with E-state index in [0.717, 1.165) is 48.2 Å². The average molecular weight is 470 g/mol. The third-order valence-corrected chi connectivity index (χ3v) is 8.23. The molecule has 0 N–H and O–H groups in total. The van der Waals surface area contributed by atoms with Gasteiger partial charge in [-0.25, -0.2) is 13.1 Å². The van der Waals surface area contributed by atoms with Crippen molar-refractivity contribution in [3.8, 4) is 11.4 Å². The number of hydrogen-bond donors (Lipinski definition) is 0. The maximum atomic E-state index is 13.9. The van der Waals surface area contributed by atoms with Crippen LogP contribution in [-0.4, -0.2) is 45.6 Å². The summed E-state index contributed by atoms with van der Waals surface area (Å²) in [6.45, 7) is 6.98. The summed E-state index contributed by atoms with van der Waals surface area (Å²) in [4.78, 5) is 0.293. The third kappa shape index (κ3) is 5.25. The summed E-state index contributed by atoms with van der Waals surface area (Å²) in [5, 5.41) is 11.3. The maximum absolute atomic E-state index is 13.9. The van der Waals surface area contributed by atoms with E-state index in [1.165, 1.54) is 11.0 Å². The van der Waals surface area contributed by atoms with Crippen molar-refractivity contribution in [1.82, 2.24) is 24.5 Å². The lowest BCUT2D eigenvalue weighted by atomic mass is 9.87. The van der Waals surface area contributed by atoms with E-state index in [9.17, 15) is 8.42 Å². The zero-order valence-corrected chi connectivity index (χ0v) is 20.2. The van der Waals surface area contributed by atoms with Crippen molar-refractivity contribution in [1.29, 1.82) is 0 Å². The highest BCUT2D eigenvalue weighted by Crippen LogP contribution is 2.33. The van der Waals surface area contributed by atoms with Gasteiger partial charge in [0.15, 0.2) is 0 Å². The lowest BCUT2D eigenvalue weighted by Crippen LogP contribution is -2.41. The quantitative estimate of drug-likeness (QED) is 0.493. The number of ether oxygens (including phenoxy) is 1. The lowest BCUT2D eigenvalue weighted by Gasteiger charge is -2.35. The van der Waals surface area contributed by atoms with E-state index < -0.39 is 10.0 Å². The Morgan fingerprint density at radius 1 is 1.09 bits per heavy atom. The molecule has 4 rings (SSSR count). The maximum Gasteiger partial charge on any atom is 0.243 e. The van der Waals surface area contributed by atoms with Gasteiger partial charge in [0.05, 0.1) is 17.2 Å². The third-order valence-electron chi connectivity index (χ3n) is 6.34. The van der Waals surface area contributed by atoms with Gasteiger partial charge in [0.25, 0.3) is 0 Å². The minimum absolute atomic E-state index is 0.0164. The Morgan fingerprint density at radius 3 is 2.42 bits per heavy atom. The summed E-state index contributed by atoms with van der Waals surface area (Å²) in [6.07, 6.45) is 5.32. The highest BCUT2D eigenvalue weighted by atomic mass is 32.2.